The molecular weight excluding hydrogens is 310 g/mol. The van der Waals surface area contributed by atoms with Crippen molar-refractivity contribution in [3.8, 4) is 0 Å². The molecule has 2 rings (SSSR count). The van der Waals surface area contributed by atoms with Crippen molar-refractivity contribution in [2.24, 2.45) is 5.92 Å². The molecule has 7 heteroatoms. The molecule has 21 heavy (non-hydrogen) atoms. The average molecular weight is 324 g/mol. The van der Waals surface area contributed by atoms with Crippen LogP contribution in [-0.2, 0) is 0 Å². The van der Waals surface area contributed by atoms with Gasteiger partial charge in [-0.1, -0.05) is 24.1 Å². The van der Waals surface area contributed by atoms with Gasteiger partial charge >= 0.3 is 6.18 Å². The lowest BCUT2D eigenvalue weighted by atomic mass is 9.85. The molecule has 0 saturated heterocycles. The largest absolute Gasteiger partial charge is 0.391 e. The molecule has 0 radical (unpaired) electrons. The summed E-state index contributed by atoms with van der Waals surface area (Å²) in [7, 11) is 0. The Morgan fingerprint density at radius 1 is 1.29 bits per heavy atom. The van der Waals surface area contributed by atoms with E-state index in [9.17, 15) is 22.4 Å². The second-order valence-corrected chi connectivity index (χ2v) is 5.58. The molecule has 2 nitrogen and oxygen atoms in total. The summed E-state index contributed by atoms with van der Waals surface area (Å²) in [6.07, 6.45) is -3.55. The van der Waals surface area contributed by atoms with E-state index in [0.29, 0.717) is 12.8 Å². The smallest absolute Gasteiger partial charge is 0.349 e. The van der Waals surface area contributed by atoms with Crippen molar-refractivity contribution in [2.75, 3.05) is 0 Å². The van der Waals surface area contributed by atoms with Crippen LogP contribution in [0.1, 0.15) is 36.0 Å². The Balaban J connectivity index is 2.06. The summed E-state index contributed by atoms with van der Waals surface area (Å²) in [5.41, 5.74) is -0.326. The van der Waals surface area contributed by atoms with Crippen LogP contribution >= 0.6 is 11.6 Å². The van der Waals surface area contributed by atoms with Crippen molar-refractivity contribution in [3.63, 3.8) is 0 Å². The van der Waals surface area contributed by atoms with Crippen molar-refractivity contribution in [1.29, 1.82) is 0 Å². The number of alkyl halides is 3. The van der Waals surface area contributed by atoms with Gasteiger partial charge in [0.25, 0.3) is 5.91 Å². The molecule has 116 valence electrons. The first-order valence-corrected chi connectivity index (χ1v) is 6.98. The summed E-state index contributed by atoms with van der Waals surface area (Å²) < 4.78 is 51.7. The first-order chi connectivity index (χ1) is 9.79. The molecule has 0 aliphatic heterocycles. The number of amides is 1. The quantitative estimate of drug-likeness (QED) is 0.806. The van der Waals surface area contributed by atoms with E-state index in [1.807, 2.05) is 0 Å². The lowest BCUT2D eigenvalue weighted by Gasteiger charge is -2.31. The number of benzene rings is 1. The summed E-state index contributed by atoms with van der Waals surface area (Å²) in [4.78, 5) is 12.0. The van der Waals surface area contributed by atoms with Gasteiger partial charge in [0.1, 0.15) is 5.82 Å². The molecular formula is C14H14ClF4NO. The minimum absolute atomic E-state index is 0.0596. The van der Waals surface area contributed by atoms with Crippen LogP contribution in [0, 0.1) is 11.7 Å². The molecule has 1 aliphatic rings. The zero-order valence-electron chi connectivity index (χ0n) is 11.0. The Kier molecular flexibility index (Phi) is 4.76. The summed E-state index contributed by atoms with van der Waals surface area (Å²) >= 11 is 5.76. The maximum atomic E-state index is 13.6. The minimum atomic E-state index is -4.26. The molecule has 0 spiro atoms. The number of rotatable bonds is 2. The topological polar surface area (TPSA) is 29.1 Å². The number of hydrogen-bond acceptors (Lipinski definition) is 1. The average Bonchev–Trinajstić information content (AvgIpc) is 2.37. The van der Waals surface area contributed by atoms with E-state index >= 15 is 0 Å². The number of hydrogen-bond donors (Lipinski definition) is 1. The van der Waals surface area contributed by atoms with Crippen LogP contribution in [0.2, 0.25) is 5.02 Å². The van der Waals surface area contributed by atoms with E-state index in [-0.39, 0.29) is 23.4 Å². The second-order valence-electron chi connectivity index (χ2n) is 5.17. The van der Waals surface area contributed by atoms with Gasteiger partial charge in [-0.25, -0.2) is 4.39 Å². The maximum absolute atomic E-state index is 13.6. The van der Waals surface area contributed by atoms with Crippen molar-refractivity contribution >= 4 is 17.5 Å². The number of halogens is 5. The molecule has 1 aliphatic carbocycles. The molecule has 1 aromatic carbocycles. The van der Waals surface area contributed by atoms with E-state index < -0.39 is 29.9 Å². The van der Waals surface area contributed by atoms with Gasteiger partial charge in [0.05, 0.1) is 16.5 Å². The van der Waals surface area contributed by atoms with Gasteiger partial charge in [0.2, 0.25) is 0 Å². The van der Waals surface area contributed by atoms with Gasteiger partial charge < -0.3 is 5.32 Å². The molecule has 2 atom stereocenters. The fraction of sp³-hybridized carbons (Fsp3) is 0.500. The van der Waals surface area contributed by atoms with Crippen molar-refractivity contribution in [2.45, 2.75) is 37.9 Å². The van der Waals surface area contributed by atoms with Crippen LogP contribution in [0.5, 0.6) is 0 Å². The van der Waals surface area contributed by atoms with Gasteiger partial charge in [0.15, 0.2) is 0 Å². The summed E-state index contributed by atoms with van der Waals surface area (Å²) in [6, 6.07) is 3.18. The van der Waals surface area contributed by atoms with Crippen LogP contribution in [0.25, 0.3) is 0 Å². The highest BCUT2D eigenvalue weighted by atomic mass is 35.5. The van der Waals surface area contributed by atoms with Gasteiger partial charge in [-0.3, -0.25) is 4.79 Å². The lowest BCUT2D eigenvalue weighted by molar-refractivity contribution is -0.183. The first kappa shape index (κ1) is 16.1. The molecule has 1 aromatic rings. The highest BCUT2D eigenvalue weighted by Crippen LogP contribution is 2.37. The van der Waals surface area contributed by atoms with Crippen LogP contribution < -0.4 is 5.32 Å². The first-order valence-electron chi connectivity index (χ1n) is 6.60. The molecule has 0 aromatic heterocycles. The Morgan fingerprint density at radius 3 is 2.62 bits per heavy atom. The Hall–Kier alpha value is -1.30. The highest BCUT2D eigenvalue weighted by molar-refractivity contribution is 6.33. The zero-order valence-corrected chi connectivity index (χ0v) is 11.8. The van der Waals surface area contributed by atoms with Gasteiger partial charge in [-0.2, -0.15) is 13.2 Å². The Morgan fingerprint density at radius 2 is 2.00 bits per heavy atom. The van der Waals surface area contributed by atoms with E-state index in [1.54, 1.807) is 0 Å². The lowest BCUT2D eigenvalue weighted by Crippen LogP contribution is -2.41. The third-order valence-electron chi connectivity index (χ3n) is 3.66. The monoisotopic (exact) mass is 323 g/mol. The van der Waals surface area contributed by atoms with Gasteiger partial charge in [-0.15, -0.1) is 0 Å². The van der Waals surface area contributed by atoms with E-state index in [1.165, 1.54) is 12.1 Å². The van der Waals surface area contributed by atoms with Crippen molar-refractivity contribution < 1.29 is 22.4 Å². The maximum Gasteiger partial charge on any atom is 0.391 e. The highest BCUT2D eigenvalue weighted by Gasteiger charge is 2.42. The fourth-order valence-corrected chi connectivity index (χ4v) is 2.84. The summed E-state index contributed by atoms with van der Waals surface area (Å²) in [5, 5.41) is 2.40. The van der Waals surface area contributed by atoms with Crippen LogP contribution in [0.15, 0.2) is 18.2 Å². The zero-order chi connectivity index (χ0) is 15.6. The third kappa shape index (κ3) is 3.87. The molecule has 0 unspecified atom stereocenters. The number of carbonyl (C=O) groups excluding carboxylic acids is 1. The van der Waals surface area contributed by atoms with E-state index in [2.05, 4.69) is 5.32 Å². The molecule has 1 amide bonds. The number of nitrogens with one attached hydrogen (secondary N) is 1. The Bertz CT molecular complexity index is 512. The summed E-state index contributed by atoms with van der Waals surface area (Å²) in [5.74, 6) is -2.98. The number of carbonyl (C=O) groups is 1. The van der Waals surface area contributed by atoms with Crippen molar-refractivity contribution in [1.82, 2.24) is 5.32 Å². The fourth-order valence-electron chi connectivity index (χ4n) is 2.59. The molecule has 0 heterocycles. The predicted molar refractivity (Wildman–Crippen MR) is 70.7 cm³/mol. The Labute approximate surface area is 124 Å². The van der Waals surface area contributed by atoms with Crippen LogP contribution in [-0.4, -0.2) is 18.1 Å². The minimum Gasteiger partial charge on any atom is -0.349 e. The predicted octanol–water partition coefficient (Wildman–Crippen LogP) is 4.33. The van der Waals surface area contributed by atoms with E-state index in [0.717, 1.165) is 6.07 Å². The molecule has 1 saturated carbocycles. The van der Waals surface area contributed by atoms with Crippen LogP contribution in [0.3, 0.4) is 0 Å². The molecule has 0 bridgehead atoms. The molecule has 1 fully saturated rings. The second kappa shape index (κ2) is 6.22. The SMILES string of the molecule is O=C(N[C@@H]1CCC[C@@H](C(F)(F)F)C1)c1c(F)cccc1Cl. The van der Waals surface area contributed by atoms with Gasteiger partial charge in [0, 0.05) is 6.04 Å². The summed E-state index contributed by atoms with van der Waals surface area (Å²) in [6.45, 7) is 0. The van der Waals surface area contributed by atoms with Crippen LogP contribution in [0.4, 0.5) is 17.6 Å². The van der Waals surface area contributed by atoms with Crippen molar-refractivity contribution in [3.05, 3.63) is 34.6 Å². The van der Waals surface area contributed by atoms with Gasteiger partial charge in [-0.05, 0) is 31.4 Å². The third-order valence-corrected chi connectivity index (χ3v) is 3.98. The standard InChI is InChI=1S/C14H14ClF4NO/c15-10-5-2-6-11(16)12(10)13(21)20-9-4-1-3-8(7-9)14(17,18)19/h2,5-6,8-9H,1,3-4,7H2,(H,20,21)/t8-,9-/m1/s1. The molecule has 1 N–H and O–H groups in total. The van der Waals surface area contributed by atoms with E-state index in [4.69, 9.17) is 11.6 Å². The normalized spacial score (nSPS) is 22.9.